The molecule has 1 aliphatic heterocycles. The molecule has 2 rings (SSSR count). The van der Waals surface area contributed by atoms with Crippen molar-refractivity contribution in [1.29, 1.82) is 0 Å². The highest BCUT2D eigenvalue weighted by atomic mass is 32.3. The fraction of sp³-hybridized carbons (Fsp3) is 0.400. The molecule has 10 heteroatoms. The molecular weight excluding hydrogens is 293 g/mol. The molecule has 1 saturated heterocycles. The van der Waals surface area contributed by atoms with E-state index in [4.69, 9.17) is 5.11 Å². The van der Waals surface area contributed by atoms with Crippen LogP contribution in [0, 0.1) is 5.92 Å². The minimum atomic E-state index is -4.69. The van der Waals surface area contributed by atoms with Gasteiger partial charge in [0.25, 0.3) is 0 Å². The smallest absolute Gasteiger partial charge is 0.358 e. The maximum atomic E-state index is 12.6. The van der Waals surface area contributed by atoms with Crippen molar-refractivity contribution in [1.82, 2.24) is 9.97 Å². The molecule has 1 aliphatic rings. The number of amides is 1. The maximum absolute atomic E-state index is 12.6. The fourth-order valence-electron chi connectivity index (χ4n) is 2.06. The van der Waals surface area contributed by atoms with E-state index in [2.05, 4.69) is 9.97 Å². The molecule has 0 aliphatic carbocycles. The van der Waals surface area contributed by atoms with Crippen molar-refractivity contribution in [2.24, 2.45) is 5.92 Å². The van der Waals surface area contributed by atoms with Gasteiger partial charge in [0, 0.05) is 31.3 Å². The summed E-state index contributed by atoms with van der Waals surface area (Å²) in [5.41, 5.74) is -0.412. The van der Waals surface area contributed by atoms with Gasteiger partial charge in [0.05, 0.1) is 5.75 Å². The predicted octanol–water partition coefficient (Wildman–Crippen LogP) is -0.173. The zero-order chi connectivity index (χ0) is 14.9. The monoisotopic (exact) mass is 303 g/mol. The summed E-state index contributed by atoms with van der Waals surface area (Å²) in [4.78, 5) is 31.2. The number of hydrogen-bond acceptors (Lipinski definition) is 6. The first-order chi connectivity index (χ1) is 9.28. The highest BCUT2D eigenvalue weighted by molar-refractivity contribution is 7.86. The average molecular weight is 303 g/mol. The first kappa shape index (κ1) is 14.3. The highest BCUT2D eigenvalue weighted by Gasteiger charge is 2.36. The van der Waals surface area contributed by atoms with Gasteiger partial charge in [-0.2, -0.15) is 8.42 Å². The second-order valence-electron chi connectivity index (χ2n) is 4.31. The van der Waals surface area contributed by atoms with Crippen molar-refractivity contribution in [2.75, 3.05) is 17.2 Å². The molecule has 0 aromatic carbocycles. The molecule has 1 unspecified atom stereocenters. The van der Waals surface area contributed by atoms with Gasteiger partial charge in [0.15, 0.2) is 11.5 Å². The number of nitrogens with zero attached hydrogens (tertiary/aromatic N) is 3. The second kappa shape index (κ2) is 5.12. The third-order valence-corrected chi connectivity index (χ3v) is 3.65. The maximum Gasteiger partial charge on any atom is 0.358 e. The standard InChI is InChI=1S/C10H10FN3O5S/c11-20(18,19)5-6-3-7(15)14(4-6)9-8(10(16)17)12-1-2-13-9/h1-2,6H,3-5H2,(H,16,17). The molecule has 1 aromatic rings. The number of rotatable bonds is 4. The summed E-state index contributed by atoms with van der Waals surface area (Å²) in [7, 11) is -4.69. The normalized spacial score (nSPS) is 19.4. The Hall–Kier alpha value is -2.10. The molecule has 0 saturated carbocycles. The van der Waals surface area contributed by atoms with E-state index in [1.165, 1.54) is 6.20 Å². The van der Waals surface area contributed by atoms with Crippen LogP contribution in [0.25, 0.3) is 0 Å². The summed E-state index contributed by atoms with van der Waals surface area (Å²) < 4.78 is 33.8. The van der Waals surface area contributed by atoms with Crippen LogP contribution in [-0.4, -0.2) is 47.7 Å². The van der Waals surface area contributed by atoms with Crippen molar-refractivity contribution < 1.29 is 27.0 Å². The molecule has 108 valence electrons. The van der Waals surface area contributed by atoms with E-state index in [9.17, 15) is 21.9 Å². The number of carboxylic acid groups (broad SMARTS) is 1. The summed E-state index contributed by atoms with van der Waals surface area (Å²) in [6.45, 7) is -0.110. The van der Waals surface area contributed by atoms with Gasteiger partial charge < -0.3 is 5.11 Å². The SMILES string of the molecule is O=C(O)c1nccnc1N1CC(CS(=O)(=O)F)CC1=O. The van der Waals surface area contributed by atoms with E-state index in [-0.39, 0.29) is 18.8 Å². The quantitative estimate of drug-likeness (QED) is 0.767. The van der Waals surface area contributed by atoms with Crippen LogP contribution in [0.2, 0.25) is 0 Å². The zero-order valence-electron chi connectivity index (χ0n) is 10.1. The van der Waals surface area contributed by atoms with Crippen LogP contribution < -0.4 is 4.90 Å². The Morgan fingerprint density at radius 3 is 2.70 bits per heavy atom. The highest BCUT2D eigenvalue weighted by Crippen LogP contribution is 2.26. The van der Waals surface area contributed by atoms with Crippen molar-refractivity contribution in [2.45, 2.75) is 6.42 Å². The molecule has 8 nitrogen and oxygen atoms in total. The molecule has 20 heavy (non-hydrogen) atoms. The summed E-state index contributed by atoms with van der Waals surface area (Å²) in [6.07, 6.45) is 2.20. The third-order valence-electron chi connectivity index (χ3n) is 2.78. The summed E-state index contributed by atoms with van der Waals surface area (Å²) >= 11 is 0. The topological polar surface area (TPSA) is 118 Å². The van der Waals surface area contributed by atoms with Crippen LogP contribution in [0.4, 0.5) is 9.70 Å². The molecular formula is C10H10FN3O5S. The number of carboxylic acids is 1. The number of anilines is 1. The van der Waals surface area contributed by atoms with E-state index in [0.717, 1.165) is 11.1 Å². The molecule has 0 radical (unpaired) electrons. The van der Waals surface area contributed by atoms with Crippen LogP contribution in [0.15, 0.2) is 12.4 Å². The van der Waals surface area contributed by atoms with E-state index in [1.54, 1.807) is 0 Å². The van der Waals surface area contributed by atoms with E-state index in [0.29, 0.717) is 0 Å². The van der Waals surface area contributed by atoms with Gasteiger partial charge in [0.2, 0.25) is 5.91 Å². The van der Waals surface area contributed by atoms with Crippen molar-refractivity contribution in [3.05, 3.63) is 18.1 Å². The van der Waals surface area contributed by atoms with Crippen molar-refractivity contribution >= 4 is 27.9 Å². The number of hydrogen-bond donors (Lipinski definition) is 1. The van der Waals surface area contributed by atoms with Crippen LogP contribution >= 0.6 is 0 Å². The lowest BCUT2D eigenvalue weighted by atomic mass is 10.1. The Labute approximate surface area is 113 Å². The van der Waals surface area contributed by atoms with Gasteiger partial charge >= 0.3 is 16.2 Å². The summed E-state index contributed by atoms with van der Waals surface area (Å²) in [6, 6.07) is 0. The number of halogens is 1. The molecule has 1 fully saturated rings. The lowest BCUT2D eigenvalue weighted by Gasteiger charge is -2.16. The van der Waals surface area contributed by atoms with Gasteiger partial charge in [-0.15, -0.1) is 3.89 Å². The molecule has 1 amide bonds. The minimum Gasteiger partial charge on any atom is -0.476 e. The number of carbonyl (C=O) groups excluding carboxylic acids is 1. The third kappa shape index (κ3) is 3.07. The van der Waals surface area contributed by atoms with Crippen LogP contribution in [0.5, 0.6) is 0 Å². The van der Waals surface area contributed by atoms with Gasteiger partial charge in [0.1, 0.15) is 0 Å². The molecule has 1 atom stereocenters. The Morgan fingerprint density at radius 2 is 2.10 bits per heavy atom. The Bertz CT molecular complexity index is 663. The molecule has 0 bridgehead atoms. The van der Waals surface area contributed by atoms with Crippen molar-refractivity contribution in [3.63, 3.8) is 0 Å². The average Bonchev–Trinajstić information content (AvgIpc) is 2.67. The Balaban J connectivity index is 2.27. The molecule has 1 N–H and O–H groups in total. The molecule has 1 aromatic heterocycles. The minimum absolute atomic E-state index is 0.110. The largest absolute Gasteiger partial charge is 0.476 e. The number of aromatic carboxylic acids is 1. The molecule has 0 spiro atoms. The van der Waals surface area contributed by atoms with E-state index in [1.807, 2.05) is 0 Å². The first-order valence-electron chi connectivity index (χ1n) is 5.55. The van der Waals surface area contributed by atoms with Crippen LogP contribution in [0.3, 0.4) is 0 Å². The second-order valence-corrected chi connectivity index (χ2v) is 5.72. The number of aromatic nitrogens is 2. The zero-order valence-corrected chi connectivity index (χ0v) is 10.9. The summed E-state index contributed by atoms with van der Waals surface area (Å²) in [5, 5.41) is 8.97. The van der Waals surface area contributed by atoms with Crippen LogP contribution in [-0.2, 0) is 15.0 Å². The predicted molar refractivity (Wildman–Crippen MR) is 64.3 cm³/mol. The fourth-order valence-corrected chi connectivity index (χ4v) is 2.84. The van der Waals surface area contributed by atoms with E-state index >= 15 is 0 Å². The first-order valence-corrected chi connectivity index (χ1v) is 7.10. The Morgan fingerprint density at radius 1 is 1.45 bits per heavy atom. The number of carbonyl (C=O) groups is 2. The Kier molecular flexibility index (Phi) is 3.66. The lowest BCUT2D eigenvalue weighted by molar-refractivity contribution is -0.117. The van der Waals surface area contributed by atoms with Crippen LogP contribution in [0.1, 0.15) is 16.9 Å². The molecule has 2 heterocycles. The van der Waals surface area contributed by atoms with Gasteiger partial charge in [-0.05, 0) is 0 Å². The van der Waals surface area contributed by atoms with Gasteiger partial charge in [-0.1, -0.05) is 0 Å². The van der Waals surface area contributed by atoms with Gasteiger partial charge in [-0.3, -0.25) is 9.69 Å². The summed E-state index contributed by atoms with van der Waals surface area (Å²) in [5.74, 6) is -3.55. The van der Waals surface area contributed by atoms with Gasteiger partial charge in [-0.25, -0.2) is 14.8 Å². The van der Waals surface area contributed by atoms with Crippen molar-refractivity contribution in [3.8, 4) is 0 Å². The van der Waals surface area contributed by atoms with E-state index < -0.39 is 39.5 Å². The lowest BCUT2D eigenvalue weighted by Crippen LogP contribution is -2.28.